The van der Waals surface area contributed by atoms with Gasteiger partial charge in [-0.25, -0.2) is 0 Å². The molecule has 1 aromatic heterocycles. The number of fused-ring (bicyclic) bond motifs is 1. The Bertz CT molecular complexity index is 809. The molecule has 3 rings (SSSR count). The van der Waals surface area contributed by atoms with Gasteiger partial charge in [0.15, 0.2) is 0 Å². The number of hydrogen-bond donors (Lipinski definition) is 1. The van der Waals surface area contributed by atoms with E-state index in [1.807, 2.05) is 61.5 Å². The van der Waals surface area contributed by atoms with Crippen LogP contribution in [-0.4, -0.2) is 5.91 Å². The Hall–Kier alpha value is -2.81. The van der Waals surface area contributed by atoms with Crippen molar-refractivity contribution in [3.05, 3.63) is 72.2 Å². The van der Waals surface area contributed by atoms with Gasteiger partial charge in [-0.1, -0.05) is 36.4 Å². The highest BCUT2D eigenvalue weighted by Crippen LogP contribution is 2.22. The third-order valence-electron chi connectivity index (χ3n) is 3.21. The van der Waals surface area contributed by atoms with Crippen LogP contribution in [0.25, 0.3) is 16.8 Å². The van der Waals surface area contributed by atoms with Crippen molar-refractivity contribution in [2.75, 3.05) is 5.32 Å². The minimum atomic E-state index is -0.180. The van der Waals surface area contributed by atoms with E-state index in [1.54, 1.807) is 6.08 Å². The van der Waals surface area contributed by atoms with Crippen LogP contribution in [0.1, 0.15) is 11.5 Å². The Balaban J connectivity index is 1.79. The second kappa shape index (κ2) is 5.67. The molecule has 21 heavy (non-hydrogen) atoms. The maximum atomic E-state index is 12.0. The van der Waals surface area contributed by atoms with Crippen LogP contribution in [-0.2, 0) is 4.79 Å². The van der Waals surface area contributed by atoms with Crippen LogP contribution in [0.15, 0.2) is 65.1 Å². The van der Waals surface area contributed by atoms with E-state index in [4.69, 9.17) is 4.42 Å². The van der Waals surface area contributed by atoms with Crippen molar-refractivity contribution in [3.8, 4) is 0 Å². The number of furan rings is 1. The van der Waals surface area contributed by atoms with Crippen LogP contribution in [0.3, 0.4) is 0 Å². The molecule has 1 amide bonds. The largest absolute Gasteiger partial charge is 0.462 e. The maximum Gasteiger partial charge on any atom is 0.248 e. The van der Waals surface area contributed by atoms with Gasteiger partial charge in [-0.3, -0.25) is 4.79 Å². The van der Waals surface area contributed by atoms with E-state index in [0.29, 0.717) is 5.76 Å². The highest BCUT2D eigenvalue weighted by Gasteiger charge is 2.03. The van der Waals surface area contributed by atoms with E-state index in [9.17, 15) is 4.79 Å². The summed E-state index contributed by atoms with van der Waals surface area (Å²) < 4.78 is 5.39. The van der Waals surface area contributed by atoms with Crippen molar-refractivity contribution in [3.63, 3.8) is 0 Å². The van der Waals surface area contributed by atoms with E-state index >= 15 is 0 Å². The van der Waals surface area contributed by atoms with Gasteiger partial charge in [0.05, 0.1) is 0 Å². The molecule has 0 aliphatic carbocycles. The Morgan fingerprint density at radius 3 is 2.67 bits per heavy atom. The number of aryl methyl sites for hydroxylation is 1. The molecule has 0 atom stereocenters. The molecule has 1 N–H and O–H groups in total. The zero-order valence-electron chi connectivity index (χ0n) is 11.7. The molecule has 0 saturated carbocycles. The SMILES string of the molecule is Cc1ccc(C=CC(=O)Nc2cccc3ccccc23)o1. The lowest BCUT2D eigenvalue weighted by Crippen LogP contribution is -2.07. The van der Waals surface area contributed by atoms with Crippen LogP contribution < -0.4 is 5.32 Å². The van der Waals surface area contributed by atoms with E-state index in [0.717, 1.165) is 22.2 Å². The molecule has 0 aliphatic heterocycles. The summed E-state index contributed by atoms with van der Waals surface area (Å²) in [5.41, 5.74) is 0.804. The van der Waals surface area contributed by atoms with Crippen LogP contribution in [0.4, 0.5) is 5.69 Å². The van der Waals surface area contributed by atoms with Gasteiger partial charge in [-0.15, -0.1) is 0 Å². The molecule has 0 saturated heterocycles. The number of carbonyl (C=O) groups excluding carboxylic acids is 1. The lowest BCUT2D eigenvalue weighted by Gasteiger charge is -2.06. The lowest BCUT2D eigenvalue weighted by atomic mass is 10.1. The number of anilines is 1. The van der Waals surface area contributed by atoms with Crippen molar-refractivity contribution < 1.29 is 9.21 Å². The molecule has 3 aromatic rings. The third-order valence-corrected chi connectivity index (χ3v) is 3.21. The molecule has 0 unspecified atom stereocenters. The van der Waals surface area contributed by atoms with E-state index in [1.165, 1.54) is 6.08 Å². The number of carbonyl (C=O) groups is 1. The number of amides is 1. The van der Waals surface area contributed by atoms with Crippen molar-refractivity contribution in [1.29, 1.82) is 0 Å². The molecule has 0 fully saturated rings. The minimum Gasteiger partial charge on any atom is -0.462 e. The Morgan fingerprint density at radius 2 is 1.86 bits per heavy atom. The second-order valence-corrected chi connectivity index (χ2v) is 4.80. The minimum absolute atomic E-state index is 0.180. The summed E-state index contributed by atoms with van der Waals surface area (Å²) >= 11 is 0. The van der Waals surface area contributed by atoms with Gasteiger partial charge in [0.25, 0.3) is 0 Å². The highest BCUT2D eigenvalue weighted by atomic mass is 16.3. The van der Waals surface area contributed by atoms with Gasteiger partial charge in [0.2, 0.25) is 5.91 Å². The molecule has 3 heteroatoms. The number of hydrogen-bond acceptors (Lipinski definition) is 2. The van der Waals surface area contributed by atoms with E-state index in [2.05, 4.69) is 5.32 Å². The molecule has 2 aromatic carbocycles. The fraction of sp³-hybridized carbons (Fsp3) is 0.0556. The van der Waals surface area contributed by atoms with Crippen molar-refractivity contribution in [2.45, 2.75) is 6.92 Å². The summed E-state index contributed by atoms with van der Waals surface area (Å²) in [5.74, 6) is 1.31. The molecule has 1 heterocycles. The van der Waals surface area contributed by atoms with Crippen LogP contribution in [0, 0.1) is 6.92 Å². The second-order valence-electron chi connectivity index (χ2n) is 4.80. The summed E-state index contributed by atoms with van der Waals surface area (Å²) in [4.78, 5) is 12.0. The molecular weight excluding hydrogens is 262 g/mol. The Kier molecular flexibility index (Phi) is 3.56. The maximum absolute atomic E-state index is 12.0. The zero-order chi connectivity index (χ0) is 14.7. The fourth-order valence-electron chi connectivity index (χ4n) is 2.21. The molecule has 0 aliphatic rings. The number of nitrogens with one attached hydrogen (secondary N) is 1. The summed E-state index contributed by atoms with van der Waals surface area (Å²) in [6.07, 6.45) is 3.13. The predicted molar refractivity (Wildman–Crippen MR) is 85.1 cm³/mol. The molecule has 0 bridgehead atoms. The van der Waals surface area contributed by atoms with Gasteiger partial charge in [-0.2, -0.15) is 0 Å². The topological polar surface area (TPSA) is 42.2 Å². The molecule has 3 nitrogen and oxygen atoms in total. The van der Waals surface area contributed by atoms with Crippen molar-refractivity contribution in [1.82, 2.24) is 0 Å². The van der Waals surface area contributed by atoms with Crippen LogP contribution in [0.5, 0.6) is 0 Å². The monoisotopic (exact) mass is 277 g/mol. The van der Waals surface area contributed by atoms with Crippen molar-refractivity contribution in [2.24, 2.45) is 0 Å². The quantitative estimate of drug-likeness (QED) is 0.721. The normalized spacial score (nSPS) is 11.1. The van der Waals surface area contributed by atoms with Crippen LogP contribution >= 0.6 is 0 Å². The number of benzene rings is 2. The molecule has 104 valence electrons. The van der Waals surface area contributed by atoms with Gasteiger partial charge < -0.3 is 9.73 Å². The first-order chi connectivity index (χ1) is 10.2. The third kappa shape index (κ3) is 3.03. The lowest BCUT2D eigenvalue weighted by molar-refractivity contribution is -0.111. The van der Waals surface area contributed by atoms with Crippen LogP contribution in [0.2, 0.25) is 0 Å². The Morgan fingerprint density at radius 1 is 1.05 bits per heavy atom. The summed E-state index contributed by atoms with van der Waals surface area (Å²) in [6, 6.07) is 17.5. The van der Waals surface area contributed by atoms with Gasteiger partial charge in [0, 0.05) is 17.1 Å². The summed E-state index contributed by atoms with van der Waals surface area (Å²) in [5, 5.41) is 5.02. The average Bonchev–Trinajstić information content (AvgIpc) is 2.91. The van der Waals surface area contributed by atoms with Gasteiger partial charge >= 0.3 is 0 Å². The van der Waals surface area contributed by atoms with Crippen molar-refractivity contribution >= 4 is 28.4 Å². The molecule has 0 spiro atoms. The van der Waals surface area contributed by atoms with E-state index < -0.39 is 0 Å². The fourth-order valence-corrected chi connectivity index (χ4v) is 2.21. The highest BCUT2D eigenvalue weighted by molar-refractivity contribution is 6.07. The van der Waals surface area contributed by atoms with Gasteiger partial charge in [0.1, 0.15) is 11.5 Å². The molecular formula is C18H15NO2. The smallest absolute Gasteiger partial charge is 0.248 e. The predicted octanol–water partition coefficient (Wildman–Crippen LogP) is 4.39. The van der Waals surface area contributed by atoms with E-state index in [-0.39, 0.29) is 5.91 Å². The standard InChI is InChI=1S/C18H15NO2/c1-13-9-10-15(21-13)11-12-18(20)19-17-8-4-6-14-5-2-3-7-16(14)17/h2-12H,1H3,(H,19,20). The average molecular weight is 277 g/mol. The number of rotatable bonds is 3. The summed E-state index contributed by atoms with van der Waals surface area (Å²) in [7, 11) is 0. The first-order valence-electron chi connectivity index (χ1n) is 6.76. The first-order valence-corrected chi connectivity index (χ1v) is 6.76. The summed E-state index contributed by atoms with van der Waals surface area (Å²) in [6.45, 7) is 1.87. The molecule has 0 radical (unpaired) electrons. The van der Waals surface area contributed by atoms with Gasteiger partial charge in [-0.05, 0) is 36.6 Å². The Labute approximate surface area is 122 Å². The first kappa shape index (κ1) is 13.2. The zero-order valence-corrected chi connectivity index (χ0v) is 11.7.